The number of nitrogens with zero attached hydrogens (tertiary/aromatic N) is 1. The van der Waals surface area contributed by atoms with Crippen molar-refractivity contribution in [3.8, 4) is 5.75 Å². The van der Waals surface area contributed by atoms with Crippen LogP contribution >= 0.6 is 11.3 Å². The van der Waals surface area contributed by atoms with E-state index in [4.69, 9.17) is 4.74 Å². The van der Waals surface area contributed by atoms with Crippen molar-refractivity contribution in [3.63, 3.8) is 0 Å². The Labute approximate surface area is 168 Å². The number of nitrogens with one attached hydrogen (secondary N) is 1. The predicted octanol–water partition coefficient (Wildman–Crippen LogP) is 3.30. The van der Waals surface area contributed by atoms with Gasteiger partial charge in [-0.1, -0.05) is 23.5 Å². The van der Waals surface area contributed by atoms with Crippen LogP contribution in [0.3, 0.4) is 0 Å². The molecule has 3 aromatic rings. The second-order valence-corrected chi connectivity index (χ2v) is 9.63. The highest BCUT2D eigenvalue weighted by Crippen LogP contribution is 2.21. The molecule has 0 aliphatic rings. The molecule has 0 amide bonds. The number of hydrogen-bond donors (Lipinski definition) is 1. The van der Waals surface area contributed by atoms with Gasteiger partial charge in [0, 0.05) is 13.6 Å². The largest absolute Gasteiger partial charge is 0.491 e. The molecule has 1 aromatic heterocycles. The maximum absolute atomic E-state index is 12.5. The van der Waals surface area contributed by atoms with Crippen LogP contribution in [0.5, 0.6) is 5.75 Å². The summed E-state index contributed by atoms with van der Waals surface area (Å²) < 4.78 is 35.5. The number of ether oxygens (including phenoxy) is 1. The van der Waals surface area contributed by atoms with Crippen LogP contribution < -0.4 is 14.3 Å². The molecule has 0 spiro atoms. The predicted molar refractivity (Wildman–Crippen MR) is 113 cm³/mol. The molecule has 2 aromatic carbocycles. The molecule has 0 fully saturated rings. The Morgan fingerprint density at radius 3 is 2.54 bits per heavy atom. The molecular formula is C20H24N2O4S2. The van der Waals surface area contributed by atoms with Crippen LogP contribution in [-0.2, 0) is 23.5 Å². The van der Waals surface area contributed by atoms with E-state index in [-0.39, 0.29) is 15.9 Å². The Morgan fingerprint density at radius 2 is 1.86 bits per heavy atom. The minimum Gasteiger partial charge on any atom is -0.491 e. The third-order valence-corrected chi connectivity index (χ3v) is 6.76. The zero-order valence-electron chi connectivity index (χ0n) is 16.1. The van der Waals surface area contributed by atoms with Crippen LogP contribution in [0.1, 0.15) is 25.8 Å². The summed E-state index contributed by atoms with van der Waals surface area (Å²) in [6.45, 7) is 4.31. The Balaban J connectivity index is 1.57. The van der Waals surface area contributed by atoms with Gasteiger partial charge in [-0.2, -0.15) is 0 Å². The van der Waals surface area contributed by atoms with E-state index in [0.717, 1.165) is 34.6 Å². The molecule has 0 atom stereocenters. The summed E-state index contributed by atoms with van der Waals surface area (Å²) in [6.07, 6.45) is 1.59. The average molecular weight is 421 g/mol. The molecule has 3 rings (SSSR count). The van der Waals surface area contributed by atoms with E-state index in [1.54, 1.807) is 19.2 Å². The molecule has 0 bridgehead atoms. The lowest BCUT2D eigenvalue weighted by Crippen LogP contribution is -2.25. The highest BCUT2D eigenvalue weighted by molar-refractivity contribution is 7.89. The Morgan fingerprint density at radius 1 is 1.14 bits per heavy atom. The molecule has 1 N–H and O–H groups in total. The van der Waals surface area contributed by atoms with E-state index in [0.29, 0.717) is 17.7 Å². The van der Waals surface area contributed by atoms with Crippen LogP contribution in [0.25, 0.3) is 10.2 Å². The third kappa shape index (κ3) is 4.81. The minimum atomic E-state index is -3.60. The van der Waals surface area contributed by atoms with Gasteiger partial charge in [0.1, 0.15) is 5.75 Å². The van der Waals surface area contributed by atoms with Crippen LogP contribution in [-0.4, -0.2) is 25.6 Å². The molecule has 8 heteroatoms. The molecule has 0 radical (unpaired) electrons. The summed E-state index contributed by atoms with van der Waals surface area (Å²) in [4.78, 5) is 11.8. The van der Waals surface area contributed by atoms with Gasteiger partial charge in [-0.3, -0.25) is 4.79 Å². The molecule has 28 heavy (non-hydrogen) atoms. The molecule has 6 nitrogen and oxygen atoms in total. The van der Waals surface area contributed by atoms with Crippen molar-refractivity contribution in [1.82, 2.24) is 9.29 Å². The molecule has 0 saturated carbocycles. The Bertz CT molecular complexity index is 1110. The van der Waals surface area contributed by atoms with E-state index in [1.165, 1.54) is 10.6 Å². The Hall–Kier alpha value is -2.16. The molecule has 0 saturated heterocycles. The first-order chi connectivity index (χ1) is 13.3. The van der Waals surface area contributed by atoms with Crippen molar-refractivity contribution in [2.24, 2.45) is 7.05 Å². The normalized spacial score (nSPS) is 12.0. The maximum Gasteiger partial charge on any atom is 0.307 e. The standard InChI is InChI=1S/C20H24N2O4S2/c1-14(2)26-16-8-6-15(7-9-16)5-4-12-21-28(24,25)17-10-11-18-19(13-17)27-20(23)22(18)3/h6-11,13-14,21H,4-5,12H2,1-3H3. The number of benzene rings is 2. The van der Waals surface area contributed by atoms with Gasteiger partial charge in [-0.05, 0) is 62.6 Å². The summed E-state index contributed by atoms with van der Waals surface area (Å²) in [5, 5.41) is 0. The van der Waals surface area contributed by atoms with E-state index >= 15 is 0 Å². The van der Waals surface area contributed by atoms with Gasteiger partial charge in [0.25, 0.3) is 0 Å². The van der Waals surface area contributed by atoms with Crippen LogP contribution in [0.4, 0.5) is 0 Å². The first-order valence-electron chi connectivity index (χ1n) is 9.11. The number of thiazole rings is 1. The topological polar surface area (TPSA) is 77.4 Å². The SMILES string of the molecule is CC(C)Oc1ccc(CCCNS(=O)(=O)c2ccc3c(c2)sc(=O)n3C)cc1. The van der Waals surface area contributed by atoms with E-state index in [2.05, 4.69) is 4.72 Å². The van der Waals surface area contributed by atoms with Crippen molar-refractivity contribution in [1.29, 1.82) is 0 Å². The fourth-order valence-corrected chi connectivity index (χ4v) is 4.96. The van der Waals surface area contributed by atoms with Crippen LogP contribution in [0.15, 0.2) is 52.2 Å². The quantitative estimate of drug-likeness (QED) is 0.567. The van der Waals surface area contributed by atoms with Crippen LogP contribution in [0.2, 0.25) is 0 Å². The van der Waals surface area contributed by atoms with Gasteiger partial charge >= 0.3 is 4.87 Å². The second kappa shape index (κ2) is 8.46. The average Bonchev–Trinajstić information content (AvgIpc) is 2.93. The van der Waals surface area contributed by atoms with Crippen molar-refractivity contribution in [2.45, 2.75) is 37.7 Å². The number of hydrogen-bond acceptors (Lipinski definition) is 5. The van der Waals surface area contributed by atoms with Crippen molar-refractivity contribution < 1.29 is 13.2 Å². The number of rotatable bonds is 8. The van der Waals surface area contributed by atoms with Gasteiger partial charge < -0.3 is 9.30 Å². The first kappa shape index (κ1) is 20.6. The van der Waals surface area contributed by atoms with Gasteiger partial charge in [0.05, 0.1) is 21.2 Å². The van der Waals surface area contributed by atoms with Crippen LogP contribution in [0, 0.1) is 0 Å². The molecule has 0 unspecified atom stereocenters. The molecule has 0 aliphatic carbocycles. The summed E-state index contributed by atoms with van der Waals surface area (Å²) in [6, 6.07) is 12.6. The minimum absolute atomic E-state index is 0.109. The van der Waals surface area contributed by atoms with E-state index in [1.807, 2.05) is 38.1 Å². The lowest BCUT2D eigenvalue weighted by atomic mass is 10.1. The monoisotopic (exact) mass is 420 g/mol. The van der Waals surface area contributed by atoms with Gasteiger partial charge in [-0.25, -0.2) is 13.1 Å². The maximum atomic E-state index is 12.5. The highest BCUT2D eigenvalue weighted by atomic mass is 32.2. The van der Waals surface area contributed by atoms with E-state index < -0.39 is 10.0 Å². The number of sulfonamides is 1. The summed E-state index contributed by atoms with van der Waals surface area (Å²) in [7, 11) is -1.93. The second-order valence-electron chi connectivity index (χ2n) is 6.87. The van der Waals surface area contributed by atoms with Crippen molar-refractivity contribution in [2.75, 3.05) is 6.54 Å². The lowest BCUT2D eigenvalue weighted by molar-refractivity contribution is 0.242. The molecule has 1 heterocycles. The first-order valence-corrected chi connectivity index (χ1v) is 11.4. The lowest BCUT2D eigenvalue weighted by Gasteiger charge is -2.10. The van der Waals surface area contributed by atoms with E-state index in [9.17, 15) is 13.2 Å². The van der Waals surface area contributed by atoms with Gasteiger partial charge in [-0.15, -0.1) is 0 Å². The van der Waals surface area contributed by atoms with Crippen molar-refractivity contribution >= 4 is 31.6 Å². The number of fused-ring (bicyclic) bond motifs is 1. The zero-order valence-corrected chi connectivity index (χ0v) is 17.8. The van der Waals surface area contributed by atoms with Gasteiger partial charge in [0.15, 0.2) is 0 Å². The summed E-state index contributed by atoms with van der Waals surface area (Å²) in [5.41, 5.74) is 1.87. The van der Waals surface area contributed by atoms with Gasteiger partial charge in [0.2, 0.25) is 10.0 Å². The summed E-state index contributed by atoms with van der Waals surface area (Å²) >= 11 is 1.04. The summed E-state index contributed by atoms with van der Waals surface area (Å²) in [5.74, 6) is 0.832. The molecule has 0 aliphatic heterocycles. The fourth-order valence-electron chi connectivity index (χ4n) is 2.87. The number of aromatic nitrogens is 1. The Kier molecular flexibility index (Phi) is 6.22. The fraction of sp³-hybridized carbons (Fsp3) is 0.350. The third-order valence-electron chi connectivity index (χ3n) is 4.30. The molecule has 150 valence electrons. The smallest absolute Gasteiger partial charge is 0.307 e. The number of aryl methyl sites for hydroxylation is 2. The van der Waals surface area contributed by atoms with Crippen molar-refractivity contribution in [3.05, 3.63) is 57.7 Å². The zero-order chi connectivity index (χ0) is 20.3. The molecular weight excluding hydrogens is 396 g/mol. The highest BCUT2D eigenvalue weighted by Gasteiger charge is 2.15.